The predicted molar refractivity (Wildman–Crippen MR) is 149 cm³/mol. The molecular weight excluding hydrogens is 484 g/mol. The summed E-state index contributed by atoms with van der Waals surface area (Å²) in [7, 11) is 7.40. The number of likely N-dealkylation sites (N-methyl/N-ethyl adjacent to an activating group) is 1. The van der Waals surface area contributed by atoms with E-state index in [1.807, 2.05) is 24.0 Å². The number of methoxy groups -OCH3 is 1. The summed E-state index contributed by atoms with van der Waals surface area (Å²) in [5, 5.41) is 10.4. The molecule has 4 rings (SSSR count). The Morgan fingerprint density at radius 2 is 1.95 bits per heavy atom. The molecular formula is C27H40N8O3. The number of nitrogens with one attached hydrogen (secondary N) is 2. The van der Waals surface area contributed by atoms with Crippen molar-refractivity contribution in [3.63, 3.8) is 0 Å². The summed E-state index contributed by atoms with van der Waals surface area (Å²) >= 11 is 0. The van der Waals surface area contributed by atoms with Gasteiger partial charge in [-0.2, -0.15) is 4.98 Å². The minimum atomic E-state index is -0.344. The van der Waals surface area contributed by atoms with Gasteiger partial charge in [-0.15, -0.1) is 0 Å². The van der Waals surface area contributed by atoms with Crippen molar-refractivity contribution in [1.29, 1.82) is 0 Å². The van der Waals surface area contributed by atoms with Gasteiger partial charge in [0.25, 0.3) is 11.8 Å². The maximum atomic E-state index is 13.1. The Labute approximate surface area is 225 Å². The van der Waals surface area contributed by atoms with Gasteiger partial charge in [-0.3, -0.25) is 14.6 Å². The third-order valence-corrected chi connectivity index (χ3v) is 7.30. The van der Waals surface area contributed by atoms with Gasteiger partial charge in [0.15, 0.2) is 5.82 Å². The zero-order valence-corrected chi connectivity index (χ0v) is 23.3. The fourth-order valence-corrected chi connectivity index (χ4v) is 5.08. The molecule has 2 amide bonds. The number of hydrazine groups is 1. The number of aromatic nitrogens is 2. The summed E-state index contributed by atoms with van der Waals surface area (Å²) in [5.41, 5.74) is 1.83. The van der Waals surface area contributed by atoms with Crippen LogP contribution in [0.2, 0.25) is 0 Å². The zero-order valence-electron chi connectivity index (χ0n) is 23.3. The van der Waals surface area contributed by atoms with E-state index in [1.165, 1.54) is 0 Å². The number of hydrogen-bond acceptors (Lipinski definition) is 9. The van der Waals surface area contributed by atoms with Gasteiger partial charge in [-0.05, 0) is 64.0 Å². The molecule has 2 N–H and O–H groups in total. The maximum absolute atomic E-state index is 13.1. The number of benzene rings is 1. The highest BCUT2D eigenvalue weighted by Crippen LogP contribution is 2.36. The monoisotopic (exact) mass is 524 g/mol. The van der Waals surface area contributed by atoms with Gasteiger partial charge >= 0.3 is 0 Å². The number of amides is 2. The average molecular weight is 525 g/mol. The first-order chi connectivity index (χ1) is 18.3. The number of rotatable bonds is 9. The lowest BCUT2D eigenvalue weighted by Gasteiger charge is -2.44. The molecule has 0 bridgehead atoms. The van der Waals surface area contributed by atoms with Gasteiger partial charge in [0.1, 0.15) is 17.5 Å². The molecule has 1 aromatic carbocycles. The van der Waals surface area contributed by atoms with E-state index in [9.17, 15) is 9.59 Å². The Bertz CT molecular complexity index is 1150. The average Bonchev–Trinajstić information content (AvgIpc) is 2.92. The van der Waals surface area contributed by atoms with Crippen LogP contribution in [0.1, 0.15) is 49.9 Å². The molecule has 2 aromatic rings. The van der Waals surface area contributed by atoms with Crippen molar-refractivity contribution in [3.8, 4) is 5.75 Å². The normalized spacial score (nSPS) is 18.5. The zero-order chi connectivity index (χ0) is 27.4. The van der Waals surface area contributed by atoms with Crippen molar-refractivity contribution < 1.29 is 14.3 Å². The molecule has 1 fully saturated rings. The molecule has 3 heterocycles. The number of piperidine rings is 1. The molecule has 0 aliphatic carbocycles. The second kappa shape index (κ2) is 12.0. The van der Waals surface area contributed by atoms with Crippen LogP contribution in [0.3, 0.4) is 0 Å². The molecule has 1 atom stereocenters. The van der Waals surface area contributed by atoms with Crippen LogP contribution < -0.4 is 25.3 Å². The highest BCUT2D eigenvalue weighted by molar-refractivity contribution is 6.04. The second-order valence-electron chi connectivity index (χ2n) is 10.0. The Morgan fingerprint density at radius 1 is 1.21 bits per heavy atom. The van der Waals surface area contributed by atoms with Crippen molar-refractivity contribution in [1.82, 2.24) is 25.2 Å². The van der Waals surface area contributed by atoms with Crippen LogP contribution in [-0.2, 0) is 4.79 Å². The van der Waals surface area contributed by atoms with Crippen molar-refractivity contribution in [2.24, 2.45) is 0 Å². The molecule has 2 aliphatic rings. The highest BCUT2D eigenvalue weighted by Gasteiger charge is 2.39. The van der Waals surface area contributed by atoms with Gasteiger partial charge in [-0.1, -0.05) is 13.8 Å². The molecule has 1 aromatic heterocycles. The molecule has 11 nitrogen and oxygen atoms in total. The molecule has 206 valence electrons. The molecule has 1 unspecified atom stereocenters. The summed E-state index contributed by atoms with van der Waals surface area (Å²) < 4.78 is 5.61. The summed E-state index contributed by atoms with van der Waals surface area (Å²) in [6.07, 6.45) is 5.14. The third-order valence-electron chi connectivity index (χ3n) is 7.30. The number of carbonyl (C=O) groups excluding carboxylic acids is 2. The van der Waals surface area contributed by atoms with Gasteiger partial charge in [-0.25, -0.2) is 9.99 Å². The lowest BCUT2D eigenvalue weighted by atomic mass is 10.0. The number of likely N-dealkylation sites (tertiary alicyclic amines) is 1. The Hall–Kier alpha value is -3.44. The van der Waals surface area contributed by atoms with Crippen LogP contribution in [0.15, 0.2) is 24.4 Å². The summed E-state index contributed by atoms with van der Waals surface area (Å²) in [4.78, 5) is 39.2. The number of anilines is 4. The first-order valence-corrected chi connectivity index (χ1v) is 13.4. The number of nitrogens with zero attached hydrogens (tertiary/aromatic N) is 6. The second-order valence-corrected chi connectivity index (χ2v) is 10.0. The van der Waals surface area contributed by atoms with Crippen LogP contribution in [0.4, 0.5) is 23.1 Å². The van der Waals surface area contributed by atoms with E-state index in [4.69, 9.17) is 9.72 Å². The topological polar surface area (TPSA) is 106 Å². The minimum Gasteiger partial charge on any atom is -0.495 e. The SMILES string of the molecule is CCCN(C)N1c2nc(Nc3ccc(C(=O)NC4CCN(C)CC4)cc3OC)ncc2N(C)C(=O)C1CC. The van der Waals surface area contributed by atoms with Gasteiger partial charge in [0.2, 0.25) is 5.95 Å². The maximum Gasteiger partial charge on any atom is 0.251 e. The quantitative estimate of drug-likeness (QED) is 0.512. The van der Waals surface area contributed by atoms with Gasteiger partial charge < -0.3 is 25.2 Å². The van der Waals surface area contributed by atoms with Gasteiger partial charge in [0.05, 0.1) is 19.0 Å². The van der Waals surface area contributed by atoms with Gasteiger partial charge in [0, 0.05) is 32.2 Å². The molecule has 0 spiro atoms. The molecule has 11 heteroatoms. The Balaban J connectivity index is 1.57. The van der Waals surface area contributed by atoms with Crippen molar-refractivity contribution in [3.05, 3.63) is 30.0 Å². The fourth-order valence-electron chi connectivity index (χ4n) is 5.08. The third kappa shape index (κ3) is 5.68. The Kier molecular flexibility index (Phi) is 8.68. The molecule has 2 aliphatic heterocycles. The van der Waals surface area contributed by atoms with Crippen LogP contribution in [0.25, 0.3) is 0 Å². The Morgan fingerprint density at radius 3 is 2.61 bits per heavy atom. The predicted octanol–water partition coefficient (Wildman–Crippen LogP) is 2.87. The lowest BCUT2D eigenvalue weighted by Crippen LogP contribution is -2.58. The van der Waals surface area contributed by atoms with Crippen molar-refractivity contribution in [2.45, 2.75) is 51.6 Å². The molecule has 0 radical (unpaired) electrons. The van der Waals surface area contributed by atoms with E-state index >= 15 is 0 Å². The van der Waals surface area contributed by atoms with Crippen LogP contribution in [0.5, 0.6) is 5.75 Å². The van der Waals surface area contributed by atoms with E-state index < -0.39 is 0 Å². The lowest BCUT2D eigenvalue weighted by molar-refractivity contribution is -0.120. The summed E-state index contributed by atoms with van der Waals surface area (Å²) in [6.45, 7) is 6.85. The van der Waals surface area contributed by atoms with E-state index in [0.29, 0.717) is 40.9 Å². The van der Waals surface area contributed by atoms with E-state index in [1.54, 1.807) is 43.5 Å². The van der Waals surface area contributed by atoms with E-state index in [0.717, 1.165) is 38.9 Å². The number of ether oxygens (including phenoxy) is 1. The van der Waals surface area contributed by atoms with Crippen molar-refractivity contribution in [2.75, 3.05) is 63.1 Å². The van der Waals surface area contributed by atoms with Crippen LogP contribution in [0, 0.1) is 0 Å². The standard InChI is InChI=1S/C27H40N8O3/c1-7-13-33(4)35-21(8-2)26(37)34(5)22-17-28-27(31-24(22)35)30-20-10-9-18(16-23(20)38-6)25(36)29-19-11-14-32(3)15-12-19/h9-10,16-17,19,21H,7-8,11-15H2,1-6H3,(H,29,36)(H,28,30,31). The van der Waals surface area contributed by atoms with E-state index in [-0.39, 0.29) is 23.9 Å². The summed E-state index contributed by atoms with van der Waals surface area (Å²) in [6, 6.07) is 5.14. The highest BCUT2D eigenvalue weighted by atomic mass is 16.5. The summed E-state index contributed by atoms with van der Waals surface area (Å²) in [5.74, 6) is 1.46. The molecule has 1 saturated heterocycles. The number of carbonyl (C=O) groups is 2. The van der Waals surface area contributed by atoms with Crippen molar-refractivity contribution >= 4 is 35.0 Å². The fraction of sp³-hybridized carbons (Fsp3) is 0.556. The molecule has 38 heavy (non-hydrogen) atoms. The number of fused-ring (bicyclic) bond motifs is 1. The number of hydrogen-bond donors (Lipinski definition) is 2. The van der Waals surface area contributed by atoms with Crippen LogP contribution >= 0.6 is 0 Å². The first kappa shape index (κ1) is 27.6. The molecule has 0 saturated carbocycles. The first-order valence-electron chi connectivity index (χ1n) is 13.4. The minimum absolute atomic E-state index is 0.0167. The largest absolute Gasteiger partial charge is 0.495 e. The smallest absolute Gasteiger partial charge is 0.251 e. The van der Waals surface area contributed by atoms with Crippen LogP contribution in [-0.4, -0.2) is 91.7 Å². The van der Waals surface area contributed by atoms with E-state index in [2.05, 4.69) is 34.5 Å².